The summed E-state index contributed by atoms with van der Waals surface area (Å²) in [7, 11) is 1.42. The number of anilines is 1. The largest absolute Gasteiger partial charge is 0.494 e. The summed E-state index contributed by atoms with van der Waals surface area (Å²) in [6, 6.07) is 12.5. The predicted molar refractivity (Wildman–Crippen MR) is 124 cm³/mol. The quantitative estimate of drug-likeness (QED) is 0.613. The molecule has 0 saturated carbocycles. The number of halogens is 1. The highest BCUT2D eigenvalue weighted by Crippen LogP contribution is 2.35. The third-order valence-corrected chi connectivity index (χ3v) is 5.90. The topological polar surface area (TPSA) is 84.1 Å². The first-order valence-corrected chi connectivity index (χ1v) is 10.9. The lowest BCUT2D eigenvalue weighted by Crippen LogP contribution is -2.45. The van der Waals surface area contributed by atoms with Crippen molar-refractivity contribution in [1.82, 2.24) is 10.2 Å². The molecule has 2 aliphatic rings. The van der Waals surface area contributed by atoms with Crippen LogP contribution in [0, 0.1) is 5.82 Å². The number of rotatable bonds is 7. The predicted octanol–water partition coefficient (Wildman–Crippen LogP) is 3.40. The smallest absolute Gasteiger partial charge is 0.202 e. The van der Waals surface area contributed by atoms with E-state index in [4.69, 9.17) is 15.2 Å². The fourth-order valence-corrected chi connectivity index (χ4v) is 3.95. The van der Waals surface area contributed by atoms with Crippen LogP contribution in [0.3, 0.4) is 0 Å². The molecule has 32 heavy (non-hydrogen) atoms. The van der Waals surface area contributed by atoms with Gasteiger partial charge in [0.15, 0.2) is 17.2 Å². The zero-order valence-electron chi connectivity index (χ0n) is 18.5. The van der Waals surface area contributed by atoms with Crippen molar-refractivity contribution >= 4 is 11.6 Å². The van der Waals surface area contributed by atoms with E-state index in [0.29, 0.717) is 18.1 Å². The summed E-state index contributed by atoms with van der Waals surface area (Å²) in [5.41, 5.74) is 6.94. The molecule has 4 N–H and O–H groups in total. The number of likely N-dealkylation sites (tertiary alicyclic amines) is 1. The van der Waals surface area contributed by atoms with Gasteiger partial charge in [0.1, 0.15) is 12.4 Å². The van der Waals surface area contributed by atoms with Crippen molar-refractivity contribution in [2.24, 2.45) is 10.7 Å². The van der Waals surface area contributed by atoms with Crippen LogP contribution >= 0.6 is 0 Å². The lowest BCUT2D eigenvalue weighted by molar-refractivity contribution is 0.238. The van der Waals surface area contributed by atoms with Crippen LogP contribution in [-0.4, -0.2) is 44.2 Å². The van der Waals surface area contributed by atoms with Crippen molar-refractivity contribution in [3.63, 3.8) is 0 Å². The fourth-order valence-electron chi connectivity index (χ4n) is 3.95. The molecule has 8 heteroatoms. The second-order valence-electron chi connectivity index (χ2n) is 8.07. The molecule has 0 radical (unpaired) electrons. The molecular weight excluding hydrogens is 409 g/mol. The van der Waals surface area contributed by atoms with E-state index in [0.717, 1.165) is 31.1 Å². The zero-order valence-corrected chi connectivity index (χ0v) is 18.5. The first kappa shape index (κ1) is 22.1. The molecule has 170 valence electrons. The van der Waals surface area contributed by atoms with Crippen LogP contribution in [0.15, 0.2) is 59.2 Å². The Morgan fingerprint density at radius 1 is 1.19 bits per heavy atom. The molecular formula is C24H30FN5O2. The van der Waals surface area contributed by atoms with Gasteiger partial charge in [0.2, 0.25) is 5.96 Å². The molecule has 7 nitrogen and oxygen atoms in total. The van der Waals surface area contributed by atoms with Crippen LogP contribution in [-0.2, 0) is 5.66 Å². The number of nitrogens with zero attached hydrogens (tertiary/aromatic N) is 2. The summed E-state index contributed by atoms with van der Waals surface area (Å²) in [5.74, 6) is 0.841. The van der Waals surface area contributed by atoms with Crippen molar-refractivity contribution in [3.8, 4) is 11.5 Å². The number of hydrogen-bond acceptors (Lipinski definition) is 7. The van der Waals surface area contributed by atoms with Gasteiger partial charge < -0.3 is 20.1 Å². The fraction of sp³-hybridized carbons (Fsp3) is 0.375. The number of guanidine groups is 1. The molecule has 2 aromatic carbocycles. The number of benzene rings is 2. The third kappa shape index (κ3) is 4.71. The van der Waals surface area contributed by atoms with Gasteiger partial charge in [-0.3, -0.25) is 10.6 Å². The van der Waals surface area contributed by atoms with Crippen molar-refractivity contribution in [2.45, 2.75) is 25.4 Å². The molecule has 1 saturated heterocycles. The monoisotopic (exact) mass is 439 g/mol. The van der Waals surface area contributed by atoms with Gasteiger partial charge in [0.05, 0.1) is 7.11 Å². The number of nitrogens with one attached hydrogen (secondary N) is 2. The standard InChI is InChI=1S/C24H30FN5O2/c1-17-16-27-23(29-24(17,26)20-6-5-7-21(31-2)22(20)25)28-18-8-10-19(11-9-18)32-15-14-30-12-3-4-13-30/h5-11,16H,3-4,12-15,26H2,1-2H3,(H2,27,28,29). The zero-order chi connectivity index (χ0) is 22.6. The first-order valence-electron chi connectivity index (χ1n) is 10.9. The highest BCUT2D eigenvalue weighted by atomic mass is 19.1. The maximum Gasteiger partial charge on any atom is 0.202 e. The van der Waals surface area contributed by atoms with Gasteiger partial charge in [0.25, 0.3) is 0 Å². The summed E-state index contributed by atoms with van der Waals surface area (Å²) in [6.45, 7) is 5.76. The number of ether oxygens (including phenoxy) is 2. The lowest BCUT2D eigenvalue weighted by atomic mass is 9.92. The van der Waals surface area contributed by atoms with E-state index >= 15 is 0 Å². The minimum absolute atomic E-state index is 0.128. The second kappa shape index (κ2) is 9.58. The molecule has 0 bridgehead atoms. The molecule has 0 amide bonds. The molecule has 0 aliphatic carbocycles. The van der Waals surface area contributed by atoms with Crippen molar-refractivity contribution in [1.29, 1.82) is 0 Å². The second-order valence-corrected chi connectivity index (χ2v) is 8.07. The average Bonchev–Trinajstić information content (AvgIpc) is 3.31. The Morgan fingerprint density at radius 2 is 1.94 bits per heavy atom. The Labute approximate surface area is 188 Å². The van der Waals surface area contributed by atoms with Crippen LogP contribution in [0.5, 0.6) is 11.5 Å². The Balaban J connectivity index is 1.43. The van der Waals surface area contributed by atoms with Crippen LogP contribution in [0.2, 0.25) is 0 Å². The Kier molecular flexibility index (Phi) is 6.62. The Bertz CT molecular complexity index is 1000. The first-order chi connectivity index (χ1) is 15.5. The maximum atomic E-state index is 14.9. The SMILES string of the molecule is COc1cccc(C2(N)N=C(Nc3ccc(OCCN4CCCC4)cc3)NC=C2C)c1F. The molecule has 1 atom stereocenters. The summed E-state index contributed by atoms with van der Waals surface area (Å²) < 4.78 is 25.9. The van der Waals surface area contributed by atoms with Gasteiger partial charge in [-0.25, -0.2) is 9.38 Å². The van der Waals surface area contributed by atoms with Crippen molar-refractivity contribution in [3.05, 3.63) is 65.6 Å². The summed E-state index contributed by atoms with van der Waals surface area (Å²) in [5, 5.41) is 6.28. The van der Waals surface area contributed by atoms with E-state index in [9.17, 15) is 4.39 Å². The van der Waals surface area contributed by atoms with E-state index < -0.39 is 11.5 Å². The van der Waals surface area contributed by atoms with Crippen LogP contribution in [0.4, 0.5) is 10.1 Å². The number of hydrogen-bond donors (Lipinski definition) is 3. The highest BCUT2D eigenvalue weighted by molar-refractivity contribution is 5.95. The number of aliphatic imine (C=N–C) groups is 1. The molecule has 0 spiro atoms. The summed E-state index contributed by atoms with van der Waals surface area (Å²) >= 11 is 0. The number of methoxy groups -OCH3 is 1. The summed E-state index contributed by atoms with van der Waals surface area (Å²) in [6.07, 6.45) is 4.28. The summed E-state index contributed by atoms with van der Waals surface area (Å²) in [4.78, 5) is 7.00. The van der Waals surface area contributed by atoms with Gasteiger partial charge in [-0.1, -0.05) is 12.1 Å². The van der Waals surface area contributed by atoms with Crippen LogP contribution in [0.1, 0.15) is 25.3 Å². The van der Waals surface area contributed by atoms with Gasteiger partial charge in [-0.05, 0) is 68.8 Å². The minimum atomic E-state index is -1.36. The van der Waals surface area contributed by atoms with Gasteiger partial charge in [-0.15, -0.1) is 0 Å². The van der Waals surface area contributed by atoms with E-state index in [1.54, 1.807) is 31.3 Å². The van der Waals surface area contributed by atoms with E-state index in [-0.39, 0.29) is 11.3 Å². The van der Waals surface area contributed by atoms with Crippen LogP contribution in [0.25, 0.3) is 0 Å². The minimum Gasteiger partial charge on any atom is -0.494 e. The van der Waals surface area contributed by atoms with Crippen molar-refractivity contribution in [2.75, 3.05) is 38.7 Å². The molecule has 2 heterocycles. The van der Waals surface area contributed by atoms with Gasteiger partial charge in [-0.2, -0.15) is 0 Å². The highest BCUT2D eigenvalue weighted by Gasteiger charge is 2.35. The molecule has 0 aromatic heterocycles. The van der Waals surface area contributed by atoms with Gasteiger partial charge in [0, 0.05) is 24.0 Å². The maximum absolute atomic E-state index is 14.9. The van der Waals surface area contributed by atoms with Crippen molar-refractivity contribution < 1.29 is 13.9 Å². The normalized spacial score (nSPS) is 20.9. The molecule has 2 aliphatic heterocycles. The van der Waals surface area contributed by atoms with Crippen LogP contribution < -0.4 is 25.8 Å². The van der Waals surface area contributed by atoms with E-state index in [2.05, 4.69) is 20.5 Å². The molecule has 1 unspecified atom stereocenters. The Hall–Kier alpha value is -3.10. The molecule has 4 rings (SSSR count). The van der Waals surface area contributed by atoms with Gasteiger partial charge >= 0.3 is 0 Å². The Morgan fingerprint density at radius 3 is 2.66 bits per heavy atom. The van der Waals surface area contributed by atoms with E-state index in [1.807, 2.05) is 24.3 Å². The molecule has 2 aromatic rings. The van der Waals surface area contributed by atoms with E-state index in [1.165, 1.54) is 20.0 Å². The lowest BCUT2D eigenvalue weighted by Gasteiger charge is -2.32. The average molecular weight is 440 g/mol. The third-order valence-electron chi connectivity index (χ3n) is 5.90. The molecule has 1 fully saturated rings. The number of nitrogens with two attached hydrogens (primary N) is 1.